The van der Waals surface area contributed by atoms with Gasteiger partial charge in [-0.05, 0) is 68.9 Å². The molecule has 3 rings (SSSR count). The Labute approximate surface area is 144 Å². The lowest BCUT2D eigenvalue weighted by molar-refractivity contribution is -0.148. The highest BCUT2D eigenvalue weighted by Gasteiger charge is 2.40. The highest BCUT2D eigenvalue weighted by atomic mass is 16.5. The highest BCUT2D eigenvalue weighted by Crippen LogP contribution is 2.49. The number of ether oxygens (including phenoxy) is 1. The number of amides is 1. The van der Waals surface area contributed by atoms with Crippen molar-refractivity contribution in [3.05, 3.63) is 28.8 Å². The van der Waals surface area contributed by atoms with Gasteiger partial charge in [0.05, 0.1) is 0 Å². The van der Waals surface area contributed by atoms with Crippen molar-refractivity contribution in [1.82, 2.24) is 0 Å². The summed E-state index contributed by atoms with van der Waals surface area (Å²) in [6.07, 6.45) is 5.50. The third kappa shape index (κ3) is 3.80. The van der Waals surface area contributed by atoms with Gasteiger partial charge in [-0.15, -0.1) is 0 Å². The zero-order chi connectivity index (χ0) is 17.3. The second-order valence-corrected chi connectivity index (χ2v) is 7.62. The molecule has 0 aliphatic heterocycles. The first kappa shape index (κ1) is 17.0. The van der Waals surface area contributed by atoms with Gasteiger partial charge in [0, 0.05) is 12.1 Å². The summed E-state index contributed by atoms with van der Waals surface area (Å²) in [4.78, 5) is 24.1. The number of carbonyl (C=O) groups excluding carboxylic acids is 2. The Bertz CT molecular complexity index is 629. The fraction of sp³-hybridized carbons (Fsp3) is 0.600. The maximum absolute atomic E-state index is 12.1. The lowest BCUT2D eigenvalue weighted by atomic mass is 9.86. The van der Waals surface area contributed by atoms with Gasteiger partial charge < -0.3 is 10.1 Å². The summed E-state index contributed by atoms with van der Waals surface area (Å²) in [5.74, 6) is 1.49. The van der Waals surface area contributed by atoms with Crippen LogP contribution in [0.25, 0.3) is 0 Å². The number of rotatable bonds is 5. The molecule has 1 amide bonds. The fourth-order valence-corrected chi connectivity index (χ4v) is 4.60. The van der Waals surface area contributed by atoms with E-state index in [-0.39, 0.29) is 18.5 Å². The Morgan fingerprint density at radius 2 is 1.83 bits per heavy atom. The fourth-order valence-electron chi connectivity index (χ4n) is 4.60. The van der Waals surface area contributed by atoms with E-state index >= 15 is 0 Å². The molecule has 2 bridgehead atoms. The van der Waals surface area contributed by atoms with Crippen LogP contribution in [0.3, 0.4) is 0 Å². The number of benzene rings is 1. The summed E-state index contributed by atoms with van der Waals surface area (Å²) in [5, 5.41) is 2.87. The van der Waals surface area contributed by atoms with E-state index < -0.39 is 0 Å². The maximum atomic E-state index is 12.1. The molecule has 0 spiro atoms. The van der Waals surface area contributed by atoms with E-state index in [1.54, 1.807) is 0 Å². The quantitative estimate of drug-likeness (QED) is 0.833. The van der Waals surface area contributed by atoms with E-state index in [4.69, 9.17) is 4.74 Å². The van der Waals surface area contributed by atoms with Crippen LogP contribution >= 0.6 is 0 Å². The molecule has 0 radical (unpaired) electrons. The Hall–Kier alpha value is -1.84. The van der Waals surface area contributed by atoms with Crippen LogP contribution < -0.4 is 5.32 Å². The Balaban J connectivity index is 1.46. The van der Waals surface area contributed by atoms with Crippen LogP contribution in [0.2, 0.25) is 0 Å². The number of carbonyl (C=O) groups is 2. The average molecular weight is 329 g/mol. The number of nitrogens with one attached hydrogen (secondary N) is 1. The van der Waals surface area contributed by atoms with Gasteiger partial charge in [-0.3, -0.25) is 9.59 Å². The number of esters is 1. The van der Waals surface area contributed by atoms with Gasteiger partial charge in [0.1, 0.15) is 0 Å². The Morgan fingerprint density at radius 3 is 2.42 bits per heavy atom. The summed E-state index contributed by atoms with van der Waals surface area (Å²) in [5.41, 5.74) is 4.03. The number of hydrogen-bond donors (Lipinski definition) is 1. The molecule has 24 heavy (non-hydrogen) atoms. The van der Waals surface area contributed by atoms with E-state index in [0.29, 0.717) is 18.3 Å². The van der Waals surface area contributed by atoms with Crippen molar-refractivity contribution >= 4 is 17.6 Å². The first-order chi connectivity index (χ1) is 11.4. The summed E-state index contributed by atoms with van der Waals surface area (Å²) in [6.45, 7) is 5.77. The van der Waals surface area contributed by atoms with E-state index in [2.05, 4.69) is 5.32 Å². The van der Waals surface area contributed by atoms with Gasteiger partial charge in [-0.1, -0.05) is 24.1 Å². The predicted molar refractivity (Wildman–Crippen MR) is 93.8 cm³/mol. The van der Waals surface area contributed by atoms with Crippen LogP contribution in [0.15, 0.2) is 12.1 Å². The molecule has 0 aromatic heterocycles. The van der Waals surface area contributed by atoms with Gasteiger partial charge in [0.25, 0.3) is 5.91 Å². The molecule has 1 N–H and O–H groups in total. The molecule has 1 aromatic carbocycles. The highest BCUT2D eigenvalue weighted by molar-refractivity contribution is 5.94. The van der Waals surface area contributed by atoms with Crippen LogP contribution in [-0.4, -0.2) is 18.5 Å². The first-order valence-electron chi connectivity index (χ1n) is 8.95. The minimum absolute atomic E-state index is 0.202. The van der Waals surface area contributed by atoms with E-state index in [9.17, 15) is 9.59 Å². The number of fused-ring (bicyclic) bond motifs is 2. The molecule has 0 unspecified atom stereocenters. The normalized spacial score (nSPS) is 24.9. The number of hydrogen-bond acceptors (Lipinski definition) is 3. The van der Waals surface area contributed by atoms with Crippen LogP contribution in [0.1, 0.15) is 48.8 Å². The van der Waals surface area contributed by atoms with Crippen molar-refractivity contribution < 1.29 is 14.3 Å². The zero-order valence-electron chi connectivity index (χ0n) is 14.9. The third-order valence-corrected chi connectivity index (χ3v) is 5.62. The molecule has 2 saturated carbocycles. The van der Waals surface area contributed by atoms with E-state index in [1.807, 2.05) is 32.9 Å². The molecule has 1 aromatic rings. The molecule has 3 atom stereocenters. The van der Waals surface area contributed by atoms with Crippen LogP contribution in [0, 0.1) is 38.5 Å². The van der Waals surface area contributed by atoms with Gasteiger partial charge in [-0.25, -0.2) is 0 Å². The topological polar surface area (TPSA) is 55.4 Å². The predicted octanol–water partition coefficient (Wildman–Crippen LogP) is 3.92. The molecule has 4 heteroatoms. The first-order valence-corrected chi connectivity index (χ1v) is 8.95. The van der Waals surface area contributed by atoms with Crippen molar-refractivity contribution in [3.63, 3.8) is 0 Å². The van der Waals surface area contributed by atoms with Crippen molar-refractivity contribution in [2.24, 2.45) is 17.8 Å². The lowest BCUT2D eigenvalue weighted by Crippen LogP contribution is -2.23. The third-order valence-electron chi connectivity index (χ3n) is 5.62. The van der Waals surface area contributed by atoms with Crippen LogP contribution in [0.5, 0.6) is 0 Å². The van der Waals surface area contributed by atoms with Crippen molar-refractivity contribution in [3.8, 4) is 0 Å². The zero-order valence-corrected chi connectivity index (χ0v) is 14.9. The second-order valence-electron chi connectivity index (χ2n) is 7.62. The molecular weight excluding hydrogens is 302 g/mol. The summed E-state index contributed by atoms with van der Waals surface area (Å²) >= 11 is 0. The minimum atomic E-state index is -0.272. The summed E-state index contributed by atoms with van der Waals surface area (Å²) in [6, 6.07) is 4.06. The molecule has 130 valence electrons. The monoisotopic (exact) mass is 329 g/mol. The second kappa shape index (κ2) is 6.96. The SMILES string of the molecule is Cc1cc(C)c(NC(=O)COC(=O)C[C@H]2C[C@H]3CC[C@H]2C3)c(C)c1. The Morgan fingerprint density at radius 1 is 1.12 bits per heavy atom. The summed E-state index contributed by atoms with van der Waals surface area (Å²) < 4.78 is 5.20. The molecule has 2 aliphatic rings. The van der Waals surface area contributed by atoms with Crippen LogP contribution in [0.4, 0.5) is 5.69 Å². The van der Waals surface area contributed by atoms with E-state index in [0.717, 1.165) is 29.2 Å². The smallest absolute Gasteiger partial charge is 0.306 e. The van der Waals surface area contributed by atoms with Crippen molar-refractivity contribution in [2.75, 3.05) is 11.9 Å². The van der Waals surface area contributed by atoms with Gasteiger partial charge in [0.2, 0.25) is 0 Å². The summed E-state index contributed by atoms with van der Waals surface area (Å²) in [7, 11) is 0. The number of anilines is 1. The standard InChI is InChI=1S/C20H27NO3/c1-12-6-13(2)20(14(3)7-12)21-18(22)11-24-19(23)10-17-9-15-4-5-16(17)8-15/h6-7,15-17H,4-5,8-11H2,1-3H3,(H,21,22)/t15-,16-,17+/m0/s1. The Kier molecular flexibility index (Phi) is 4.93. The van der Waals surface area contributed by atoms with Gasteiger partial charge >= 0.3 is 5.97 Å². The van der Waals surface area contributed by atoms with E-state index in [1.165, 1.54) is 24.8 Å². The molecule has 0 saturated heterocycles. The average Bonchev–Trinajstić information content (AvgIpc) is 3.11. The maximum Gasteiger partial charge on any atom is 0.306 e. The van der Waals surface area contributed by atoms with Crippen LogP contribution in [-0.2, 0) is 14.3 Å². The molecule has 0 heterocycles. The van der Waals surface area contributed by atoms with Crippen molar-refractivity contribution in [2.45, 2.75) is 52.9 Å². The molecule has 4 nitrogen and oxygen atoms in total. The lowest BCUT2D eigenvalue weighted by Gasteiger charge is -2.20. The minimum Gasteiger partial charge on any atom is -0.456 e. The largest absolute Gasteiger partial charge is 0.456 e. The molecular formula is C20H27NO3. The number of aryl methyl sites for hydroxylation is 3. The molecule has 2 fully saturated rings. The van der Waals surface area contributed by atoms with Gasteiger partial charge in [0.15, 0.2) is 6.61 Å². The van der Waals surface area contributed by atoms with Crippen molar-refractivity contribution in [1.29, 1.82) is 0 Å². The molecule has 2 aliphatic carbocycles. The van der Waals surface area contributed by atoms with Gasteiger partial charge in [-0.2, -0.15) is 0 Å².